The molecule has 0 saturated heterocycles. The highest BCUT2D eigenvalue weighted by Crippen LogP contribution is 2.28. The molecule has 0 saturated carbocycles. The molecule has 156 valence electrons. The van der Waals surface area contributed by atoms with E-state index >= 15 is 0 Å². The lowest BCUT2D eigenvalue weighted by Gasteiger charge is -2.13. The lowest BCUT2D eigenvalue weighted by atomic mass is 10.1. The van der Waals surface area contributed by atoms with E-state index in [1.807, 2.05) is 39.0 Å². The first kappa shape index (κ1) is 21.4. The molecule has 1 amide bonds. The van der Waals surface area contributed by atoms with Gasteiger partial charge >= 0.3 is 0 Å². The number of hydrogen-bond donors (Lipinski definition) is 2. The number of sulfonamides is 1. The van der Waals surface area contributed by atoms with Crippen LogP contribution >= 0.6 is 0 Å². The minimum atomic E-state index is -3.81. The van der Waals surface area contributed by atoms with Crippen molar-refractivity contribution in [3.05, 3.63) is 82.9 Å². The van der Waals surface area contributed by atoms with E-state index in [1.54, 1.807) is 30.3 Å². The van der Waals surface area contributed by atoms with E-state index < -0.39 is 10.0 Å². The fourth-order valence-corrected chi connectivity index (χ4v) is 4.15. The summed E-state index contributed by atoms with van der Waals surface area (Å²) in [5.41, 5.74) is 4.31. The van der Waals surface area contributed by atoms with E-state index in [1.165, 1.54) is 19.2 Å². The van der Waals surface area contributed by atoms with Gasteiger partial charge < -0.3 is 10.1 Å². The summed E-state index contributed by atoms with van der Waals surface area (Å²) in [6.45, 7) is 5.71. The van der Waals surface area contributed by atoms with Gasteiger partial charge in [0.25, 0.3) is 15.9 Å². The molecule has 0 heterocycles. The quantitative estimate of drug-likeness (QED) is 0.602. The number of benzene rings is 3. The minimum absolute atomic E-state index is 0.0792. The van der Waals surface area contributed by atoms with Crippen LogP contribution in [-0.4, -0.2) is 21.4 Å². The third-order valence-corrected chi connectivity index (χ3v) is 6.03. The molecule has 3 rings (SSSR count). The van der Waals surface area contributed by atoms with Gasteiger partial charge in [0.2, 0.25) is 0 Å². The van der Waals surface area contributed by atoms with Gasteiger partial charge in [0.05, 0.1) is 17.7 Å². The molecule has 7 heteroatoms. The van der Waals surface area contributed by atoms with Crippen LogP contribution in [0.3, 0.4) is 0 Å². The number of nitrogens with one attached hydrogen (secondary N) is 2. The average molecular weight is 425 g/mol. The molecular formula is C23H24N2O4S. The van der Waals surface area contributed by atoms with E-state index in [0.29, 0.717) is 22.7 Å². The van der Waals surface area contributed by atoms with Crippen molar-refractivity contribution in [2.75, 3.05) is 17.1 Å². The van der Waals surface area contributed by atoms with E-state index in [0.717, 1.165) is 16.7 Å². The molecule has 0 radical (unpaired) electrons. The average Bonchev–Trinajstić information content (AvgIpc) is 2.68. The van der Waals surface area contributed by atoms with Gasteiger partial charge in [-0.05, 0) is 74.4 Å². The van der Waals surface area contributed by atoms with E-state index in [-0.39, 0.29) is 10.8 Å². The third kappa shape index (κ3) is 4.80. The lowest BCUT2D eigenvalue weighted by molar-refractivity contribution is 0.102. The van der Waals surface area contributed by atoms with Crippen LogP contribution in [0, 0.1) is 20.8 Å². The molecular weight excluding hydrogens is 400 g/mol. The Hall–Kier alpha value is -3.32. The third-order valence-electron chi connectivity index (χ3n) is 4.65. The Balaban J connectivity index is 1.78. The highest BCUT2D eigenvalue weighted by atomic mass is 32.2. The van der Waals surface area contributed by atoms with Crippen LogP contribution in [0.1, 0.15) is 27.0 Å². The smallest absolute Gasteiger partial charge is 0.262 e. The summed E-state index contributed by atoms with van der Waals surface area (Å²) in [7, 11) is -2.33. The Kier molecular flexibility index (Phi) is 6.12. The second-order valence-corrected chi connectivity index (χ2v) is 8.79. The summed E-state index contributed by atoms with van der Waals surface area (Å²) in [4.78, 5) is 12.6. The van der Waals surface area contributed by atoms with Crippen LogP contribution < -0.4 is 14.8 Å². The van der Waals surface area contributed by atoms with Crippen LogP contribution in [0.25, 0.3) is 0 Å². The SMILES string of the molecule is COc1ccc(C)cc1NS(=O)(=O)c1ccc(NC(=O)c2ccc(C)cc2C)cc1. The van der Waals surface area contributed by atoms with E-state index in [9.17, 15) is 13.2 Å². The van der Waals surface area contributed by atoms with Gasteiger partial charge in [-0.1, -0.05) is 23.8 Å². The zero-order valence-corrected chi connectivity index (χ0v) is 18.1. The van der Waals surface area contributed by atoms with Crippen molar-refractivity contribution in [1.29, 1.82) is 0 Å². The first-order valence-electron chi connectivity index (χ1n) is 9.36. The van der Waals surface area contributed by atoms with Gasteiger partial charge in [0, 0.05) is 11.3 Å². The van der Waals surface area contributed by atoms with Crippen LogP contribution in [0.15, 0.2) is 65.6 Å². The second-order valence-electron chi connectivity index (χ2n) is 7.11. The molecule has 0 spiro atoms. The van der Waals surface area contributed by atoms with Crippen LogP contribution in [-0.2, 0) is 10.0 Å². The number of aryl methyl sites for hydroxylation is 3. The molecule has 0 atom stereocenters. The van der Waals surface area contributed by atoms with Gasteiger partial charge in [-0.25, -0.2) is 8.42 Å². The highest BCUT2D eigenvalue weighted by Gasteiger charge is 2.17. The van der Waals surface area contributed by atoms with Crippen LogP contribution in [0.4, 0.5) is 11.4 Å². The predicted octanol–water partition coefficient (Wildman–Crippen LogP) is 4.67. The molecule has 0 aromatic heterocycles. The first-order valence-corrected chi connectivity index (χ1v) is 10.8. The summed E-state index contributed by atoms with van der Waals surface area (Å²) in [6.07, 6.45) is 0. The minimum Gasteiger partial charge on any atom is -0.495 e. The Morgan fingerprint density at radius 2 is 1.50 bits per heavy atom. The largest absolute Gasteiger partial charge is 0.495 e. The van der Waals surface area contributed by atoms with Gasteiger partial charge in [-0.3, -0.25) is 9.52 Å². The number of hydrogen-bond acceptors (Lipinski definition) is 4. The molecule has 30 heavy (non-hydrogen) atoms. The molecule has 6 nitrogen and oxygen atoms in total. The molecule has 2 N–H and O–H groups in total. The van der Waals surface area contributed by atoms with Crippen molar-refractivity contribution in [2.45, 2.75) is 25.7 Å². The molecule has 0 aliphatic rings. The molecule has 3 aromatic rings. The molecule has 0 fully saturated rings. The predicted molar refractivity (Wildman–Crippen MR) is 119 cm³/mol. The maximum atomic E-state index is 12.8. The first-order chi connectivity index (χ1) is 14.2. The van der Waals surface area contributed by atoms with Gasteiger partial charge in [-0.15, -0.1) is 0 Å². The standard InChI is InChI=1S/C23H24N2O4S/c1-15-5-11-20(17(3)13-15)23(26)24-18-7-9-19(10-8-18)30(27,28)25-21-14-16(2)6-12-22(21)29-4/h5-14,25H,1-4H3,(H,24,26). The van der Waals surface area contributed by atoms with Crippen molar-refractivity contribution in [1.82, 2.24) is 0 Å². The molecule has 0 aliphatic heterocycles. The number of carbonyl (C=O) groups is 1. The van der Waals surface area contributed by atoms with E-state index in [2.05, 4.69) is 10.0 Å². The van der Waals surface area contributed by atoms with Crippen molar-refractivity contribution < 1.29 is 17.9 Å². The van der Waals surface area contributed by atoms with Crippen LogP contribution in [0.2, 0.25) is 0 Å². The van der Waals surface area contributed by atoms with Crippen molar-refractivity contribution in [3.63, 3.8) is 0 Å². The number of anilines is 2. The number of amides is 1. The summed E-state index contributed by atoms with van der Waals surface area (Å²) >= 11 is 0. The highest BCUT2D eigenvalue weighted by molar-refractivity contribution is 7.92. The summed E-state index contributed by atoms with van der Waals surface area (Å²) in [6, 6.07) is 16.9. The van der Waals surface area contributed by atoms with Crippen molar-refractivity contribution in [3.8, 4) is 5.75 Å². The fourth-order valence-electron chi connectivity index (χ4n) is 3.09. The van der Waals surface area contributed by atoms with Crippen molar-refractivity contribution >= 4 is 27.3 Å². The normalized spacial score (nSPS) is 11.1. The monoisotopic (exact) mass is 424 g/mol. The van der Waals surface area contributed by atoms with Crippen LogP contribution in [0.5, 0.6) is 5.75 Å². The fraction of sp³-hybridized carbons (Fsp3) is 0.174. The summed E-state index contributed by atoms with van der Waals surface area (Å²) in [5.74, 6) is 0.187. The zero-order chi connectivity index (χ0) is 21.9. The molecule has 0 bridgehead atoms. The maximum Gasteiger partial charge on any atom is 0.262 e. The summed E-state index contributed by atoms with van der Waals surface area (Å²) in [5, 5.41) is 2.80. The summed E-state index contributed by atoms with van der Waals surface area (Å²) < 4.78 is 33.3. The Bertz CT molecular complexity index is 1190. The van der Waals surface area contributed by atoms with Crippen molar-refractivity contribution in [2.24, 2.45) is 0 Å². The number of ether oxygens (including phenoxy) is 1. The van der Waals surface area contributed by atoms with Gasteiger partial charge in [0.1, 0.15) is 5.75 Å². The Morgan fingerprint density at radius 3 is 2.13 bits per heavy atom. The van der Waals surface area contributed by atoms with Gasteiger partial charge in [-0.2, -0.15) is 0 Å². The molecule has 0 aliphatic carbocycles. The number of methoxy groups -OCH3 is 1. The number of rotatable bonds is 6. The van der Waals surface area contributed by atoms with E-state index in [4.69, 9.17) is 4.74 Å². The number of carbonyl (C=O) groups excluding carboxylic acids is 1. The molecule has 0 unspecified atom stereocenters. The zero-order valence-electron chi connectivity index (χ0n) is 17.3. The topological polar surface area (TPSA) is 84.5 Å². The Morgan fingerprint density at radius 1 is 0.867 bits per heavy atom. The lowest BCUT2D eigenvalue weighted by Crippen LogP contribution is -2.15. The maximum absolute atomic E-state index is 12.8. The Labute approximate surface area is 177 Å². The molecule has 3 aromatic carbocycles. The second kappa shape index (κ2) is 8.59. The van der Waals surface area contributed by atoms with Gasteiger partial charge in [0.15, 0.2) is 0 Å².